The molecule has 0 bridgehead atoms. The van der Waals surface area contributed by atoms with Crippen molar-refractivity contribution in [2.75, 3.05) is 0 Å². The Morgan fingerprint density at radius 3 is 1.55 bits per heavy atom. The lowest BCUT2D eigenvalue weighted by atomic mass is 10.0. The molecule has 0 aromatic heterocycles. The second kappa shape index (κ2) is 9.25. The van der Waals surface area contributed by atoms with E-state index in [9.17, 15) is 9.59 Å². The third kappa shape index (κ3) is 4.35. The van der Waals surface area contributed by atoms with Crippen LogP contribution in [0.3, 0.4) is 0 Å². The highest BCUT2D eigenvalue weighted by molar-refractivity contribution is 6.04. The van der Waals surface area contributed by atoms with Gasteiger partial charge in [0, 0.05) is 17.4 Å². The predicted octanol–water partition coefficient (Wildman–Crippen LogP) is 6.23. The van der Waals surface area contributed by atoms with E-state index in [4.69, 9.17) is 4.74 Å². The number of benzene rings is 4. The van der Waals surface area contributed by atoms with Crippen molar-refractivity contribution in [3.63, 3.8) is 0 Å². The van der Waals surface area contributed by atoms with Gasteiger partial charge >= 0.3 is 5.97 Å². The van der Waals surface area contributed by atoms with E-state index in [1.165, 1.54) is 0 Å². The van der Waals surface area contributed by atoms with Gasteiger partial charge in [-0.2, -0.15) is 0 Å². The fourth-order valence-electron chi connectivity index (χ4n) is 4.59. The van der Waals surface area contributed by atoms with Crippen molar-refractivity contribution in [3.05, 3.63) is 144 Å². The van der Waals surface area contributed by atoms with Crippen molar-refractivity contribution in [1.29, 1.82) is 0 Å². The number of hydrogen-bond acceptors (Lipinski definition) is 3. The third-order valence-corrected chi connectivity index (χ3v) is 6.28. The zero-order valence-electron chi connectivity index (χ0n) is 18.1. The molecule has 0 radical (unpaired) electrons. The van der Waals surface area contributed by atoms with E-state index in [0.29, 0.717) is 5.56 Å². The molecule has 33 heavy (non-hydrogen) atoms. The van der Waals surface area contributed by atoms with E-state index in [2.05, 4.69) is 0 Å². The van der Waals surface area contributed by atoms with Gasteiger partial charge in [0.25, 0.3) is 0 Å². The molecular formula is C30H24O3. The fraction of sp³-hybridized carbons (Fsp3) is 0.133. The van der Waals surface area contributed by atoms with Gasteiger partial charge in [-0.3, -0.25) is 9.59 Å². The van der Waals surface area contributed by atoms with Crippen LogP contribution in [-0.2, 0) is 9.53 Å². The van der Waals surface area contributed by atoms with Crippen LogP contribution in [0.5, 0.6) is 0 Å². The summed E-state index contributed by atoms with van der Waals surface area (Å²) in [5.74, 6) is -1.46. The average Bonchev–Trinajstić information content (AvgIpc) is 3.65. The minimum atomic E-state index is -0.524. The van der Waals surface area contributed by atoms with E-state index in [1.807, 2.05) is 121 Å². The van der Waals surface area contributed by atoms with E-state index < -0.39 is 17.9 Å². The van der Waals surface area contributed by atoms with Gasteiger partial charge in [0.2, 0.25) is 0 Å². The SMILES string of the molecule is O=C(OC(c1ccccc1)c1ccccc1)[C@@H]1[C@@H](C(=O)c2ccccc2)[C@@H]1c1ccccc1. The fourth-order valence-corrected chi connectivity index (χ4v) is 4.59. The van der Waals surface area contributed by atoms with Crippen molar-refractivity contribution in [2.24, 2.45) is 11.8 Å². The lowest BCUT2D eigenvalue weighted by molar-refractivity contribution is -0.149. The number of carbonyl (C=O) groups excluding carboxylic acids is 2. The molecule has 1 fully saturated rings. The highest BCUT2D eigenvalue weighted by atomic mass is 16.5. The summed E-state index contributed by atoms with van der Waals surface area (Å²) in [5.41, 5.74) is 3.42. The Morgan fingerprint density at radius 1 is 0.576 bits per heavy atom. The molecule has 0 spiro atoms. The maximum Gasteiger partial charge on any atom is 0.311 e. The van der Waals surface area contributed by atoms with Crippen LogP contribution < -0.4 is 0 Å². The molecule has 0 amide bonds. The van der Waals surface area contributed by atoms with Crippen molar-refractivity contribution in [1.82, 2.24) is 0 Å². The summed E-state index contributed by atoms with van der Waals surface area (Å²) in [4.78, 5) is 26.8. The van der Waals surface area contributed by atoms with E-state index in [-0.39, 0.29) is 17.7 Å². The van der Waals surface area contributed by atoms with Crippen LogP contribution >= 0.6 is 0 Å². The van der Waals surface area contributed by atoms with Crippen LogP contribution in [0.2, 0.25) is 0 Å². The molecule has 0 saturated heterocycles. The molecule has 1 saturated carbocycles. The summed E-state index contributed by atoms with van der Waals surface area (Å²) in [6.45, 7) is 0. The predicted molar refractivity (Wildman–Crippen MR) is 128 cm³/mol. The smallest absolute Gasteiger partial charge is 0.311 e. The van der Waals surface area contributed by atoms with E-state index >= 15 is 0 Å². The number of rotatable bonds is 7. The maximum absolute atomic E-state index is 13.5. The lowest BCUT2D eigenvalue weighted by Crippen LogP contribution is -2.17. The topological polar surface area (TPSA) is 43.4 Å². The van der Waals surface area contributed by atoms with Crippen LogP contribution in [0.15, 0.2) is 121 Å². The highest BCUT2D eigenvalue weighted by Crippen LogP contribution is 2.56. The van der Waals surface area contributed by atoms with Gasteiger partial charge in [-0.25, -0.2) is 0 Å². The van der Waals surface area contributed by atoms with Crippen molar-refractivity contribution < 1.29 is 14.3 Å². The normalized spacial score (nSPS) is 19.1. The van der Waals surface area contributed by atoms with Crippen LogP contribution in [0.4, 0.5) is 0 Å². The molecule has 1 aliphatic carbocycles. The van der Waals surface area contributed by atoms with Gasteiger partial charge in [0.15, 0.2) is 11.9 Å². The Balaban J connectivity index is 1.45. The molecule has 0 heterocycles. The largest absolute Gasteiger partial charge is 0.452 e. The molecule has 4 aromatic carbocycles. The van der Waals surface area contributed by atoms with Crippen LogP contribution in [0.1, 0.15) is 39.1 Å². The summed E-state index contributed by atoms with van der Waals surface area (Å²) in [5, 5.41) is 0. The molecule has 5 rings (SSSR count). The second-order valence-corrected chi connectivity index (χ2v) is 8.36. The molecule has 0 unspecified atom stereocenters. The molecule has 162 valence electrons. The van der Waals surface area contributed by atoms with Crippen molar-refractivity contribution >= 4 is 11.8 Å². The number of Topliss-reactive ketones (excluding diaryl/α,β-unsaturated/α-hetero) is 1. The van der Waals surface area contributed by atoms with Gasteiger partial charge < -0.3 is 4.74 Å². The summed E-state index contributed by atoms with van der Waals surface area (Å²) >= 11 is 0. The monoisotopic (exact) mass is 432 g/mol. The lowest BCUT2D eigenvalue weighted by Gasteiger charge is -2.19. The number of hydrogen-bond donors (Lipinski definition) is 0. The standard InChI is InChI=1S/C30H24O3/c31-28(22-15-7-2-8-16-22)26-25(21-13-5-1-6-14-21)27(26)30(32)33-29(23-17-9-3-10-18-23)24-19-11-4-12-20-24/h1-20,25-27,29H/t25-,26-,27-/m0/s1. The highest BCUT2D eigenvalue weighted by Gasteiger charge is 2.60. The van der Waals surface area contributed by atoms with Gasteiger partial charge in [0.05, 0.1) is 5.92 Å². The first-order valence-corrected chi connectivity index (χ1v) is 11.2. The summed E-state index contributed by atoms with van der Waals surface area (Å²) in [7, 11) is 0. The molecule has 1 aliphatic rings. The molecule has 0 N–H and O–H groups in total. The minimum absolute atomic E-state index is 0.0117. The van der Waals surface area contributed by atoms with Gasteiger partial charge in [0.1, 0.15) is 0 Å². The zero-order chi connectivity index (χ0) is 22.6. The van der Waals surface area contributed by atoms with Crippen LogP contribution in [-0.4, -0.2) is 11.8 Å². The summed E-state index contributed by atoms with van der Waals surface area (Å²) in [6, 6.07) is 38.4. The van der Waals surface area contributed by atoms with Crippen molar-refractivity contribution in [3.8, 4) is 0 Å². The molecule has 3 atom stereocenters. The molecule has 0 aliphatic heterocycles. The molecular weight excluding hydrogens is 408 g/mol. The minimum Gasteiger partial charge on any atom is -0.452 e. The number of ketones is 1. The van der Waals surface area contributed by atoms with Gasteiger partial charge in [-0.1, -0.05) is 121 Å². The van der Waals surface area contributed by atoms with Crippen LogP contribution in [0, 0.1) is 11.8 Å². The zero-order valence-corrected chi connectivity index (χ0v) is 18.1. The summed E-state index contributed by atoms with van der Waals surface area (Å²) < 4.78 is 6.12. The first-order valence-electron chi connectivity index (χ1n) is 11.2. The molecule has 3 heteroatoms. The average molecular weight is 433 g/mol. The first-order chi connectivity index (χ1) is 16.2. The Hall–Kier alpha value is -3.98. The first kappa shape index (κ1) is 20.9. The molecule has 4 aromatic rings. The Kier molecular flexibility index (Phi) is 5.86. The van der Waals surface area contributed by atoms with E-state index in [1.54, 1.807) is 0 Å². The summed E-state index contributed by atoms with van der Waals surface area (Å²) in [6.07, 6.45) is -0.524. The number of carbonyl (C=O) groups is 2. The number of esters is 1. The molecule has 3 nitrogen and oxygen atoms in total. The van der Waals surface area contributed by atoms with Crippen LogP contribution in [0.25, 0.3) is 0 Å². The Labute approximate surface area is 193 Å². The maximum atomic E-state index is 13.5. The Bertz CT molecular complexity index is 1180. The van der Waals surface area contributed by atoms with Gasteiger partial charge in [-0.05, 0) is 16.7 Å². The second-order valence-electron chi connectivity index (χ2n) is 8.36. The van der Waals surface area contributed by atoms with Gasteiger partial charge in [-0.15, -0.1) is 0 Å². The van der Waals surface area contributed by atoms with E-state index in [0.717, 1.165) is 16.7 Å². The van der Waals surface area contributed by atoms with Crippen molar-refractivity contribution in [2.45, 2.75) is 12.0 Å². The third-order valence-electron chi connectivity index (χ3n) is 6.28. The number of ether oxygens (including phenoxy) is 1. The Morgan fingerprint density at radius 2 is 1.03 bits per heavy atom. The quantitative estimate of drug-likeness (QED) is 0.257.